The van der Waals surface area contributed by atoms with Crippen molar-refractivity contribution in [2.75, 3.05) is 19.3 Å². The fourth-order valence-corrected chi connectivity index (χ4v) is 3.27. The Balaban J connectivity index is 1.99. The van der Waals surface area contributed by atoms with E-state index in [1.165, 1.54) is 18.2 Å². The summed E-state index contributed by atoms with van der Waals surface area (Å²) in [6, 6.07) is 13.9. The van der Waals surface area contributed by atoms with E-state index >= 15 is 0 Å². The molecule has 0 saturated carbocycles. The van der Waals surface area contributed by atoms with Crippen molar-refractivity contribution in [2.24, 2.45) is 5.10 Å². The molecule has 2 aromatic carbocycles. The molecule has 0 aromatic heterocycles. The number of carbonyl (C=O) groups is 1. The fraction of sp³-hybridized carbons (Fsp3) is 0.263. The molecular weight excluding hydrogens is 407 g/mol. The maximum atomic E-state index is 12.9. The molecule has 10 heteroatoms. The van der Waals surface area contributed by atoms with Crippen LogP contribution in [0.1, 0.15) is 16.7 Å². The summed E-state index contributed by atoms with van der Waals surface area (Å²) in [4.78, 5) is 12.0. The molecule has 6 nitrogen and oxygen atoms in total. The number of carbonyl (C=O) groups excluding carboxylic acids is 1. The lowest BCUT2D eigenvalue weighted by Crippen LogP contribution is -2.40. The van der Waals surface area contributed by atoms with Gasteiger partial charge in [-0.2, -0.15) is 22.6 Å². The van der Waals surface area contributed by atoms with Crippen LogP contribution in [-0.4, -0.2) is 44.2 Å². The molecule has 156 valence electrons. The third-order valence-electron chi connectivity index (χ3n) is 3.94. The van der Waals surface area contributed by atoms with E-state index in [-0.39, 0.29) is 12.1 Å². The monoisotopic (exact) mass is 427 g/mol. The number of amides is 1. The molecule has 1 N–H and O–H groups in total. The number of hydrogen-bond donors (Lipinski definition) is 1. The molecule has 0 unspecified atom stereocenters. The number of benzene rings is 2. The Morgan fingerprint density at radius 2 is 1.72 bits per heavy atom. The van der Waals surface area contributed by atoms with E-state index in [0.29, 0.717) is 6.42 Å². The average Bonchev–Trinajstić information content (AvgIpc) is 2.64. The van der Waals surface area contributed by atoms with Crippen molar-refractivity contribution in [3.05, 3.63) is 71.3 Å². The largest absolute Gasteiger partial charge is 0.417 e. The van der Waals surface area contributed by atoms with Gasteiger partial charge in [0.25, 0.3) is 5.91 Å². The summed E-state index contributed by atoms with van der Waals surface area (Å²) in [6.07, 6.45) is -2.30. The van der Waals surface area contributed by atoms with Crippen LogP contribution < -0.4 is 5.43 Å². The quantitative estimate of drug-likeness (QED) is 0.520. The Labute approximate surface area is 167 Å². The van der Waals surface area contributed by atoms with Crippen molar-refractivity contribution in [3.63, 3.8) is 0 Å². The highest BCUT2D eigenvalue weighted by Crippen LogP contribution is 2.30. The Morgan fingerprint density at radius 3 is 2.34 bits per heavy atom. The highest BCUT2D eigenvalue weighted by Gasteiger charge is 2.32. The average molecular weight is 427 g/mol. The van der Waals surface area contributed by atoms with Crippen LogP contribution in [0.3, 0.4) is 0 Å². The normalized spacial score (nSPS) is 12.4. The molecule has 0 aliphatic rings. The number of nitrogens with zero attached hydrogens (tertiary/aromatic N) is 2. The van der Waals surface area contributed by atoms with Crippen LogP contribution in [0.15, 0.2) is 59.7 Å². The SMILES string of the molecule is CS(=O)(=O)N(CCc1ccccc1)CC(=O)NN=Cc1ccccc1C(F)(F)F. The van der Waals surface area contributed by atoms with Gasteiger partial charge in [-0.15, -0.1) is 0 Å². The van der Waals surface area contributed by atoms with Gasteiger partial charge in [0.1, 0.15) is 0 Å². The fourth-order valence-electron chi connectivity index (χ4n) is 2.50. The predicted molar refractivity (Wildman–Crippen MR) is 104 cm³/mol. The molecule has 2 aromatic rings. The maximum absolute atomic E-state index is 12.9. The van der Waals surface area contributed by atoms with Gasteiger partial charge in [0.05, 0.1) is 24.6 Å². The molecule has 0 heterocycles. The maximum Gasteiger partial charge on any atom is 0.417 e. The minimum atomic E-state index is -4.56. The van der Waals surface area contributed by atoms with Crippen LogP contribution in [0.5, 0.6) is 0 Å². The standard InChI is InChI=1S/C19H20F3N3O3S/c1-29(27,28)25(12-11-15-7-3-2-4-8-15)14-18(26)24-23-13-16-9-5-6-10-17(16)19(20,21)22/h2-10,13H,11-12,14H2,1H3,(H,24,26). The summed E-state index contributed by atoms with van der Waals surface area (Å²) in [5.41, 5.74) is 1.87. The Morgan fingerprint density at radius 1 is 1.10 bits per heavy atom. The molecule has 0 fully saturated rings. The number of alkyl halides is 3. The van der Waals surface area contributed by atoms with Gasteiger partial charge in [0.15, 0.2) is 0 Å². The first kappa shape index (κ1) is 22.6. The Kier molecular flexibility index (Phi) is 7.52. The number of halogens is 3. The highest BCUT2D eigenvalue weighted by molar-refractivity contribution is 7.88. The van der Waals surface area contributed by atoms with Crippen molar-refractivity contribution in [1.29, 1.82) is 0 Å². The zero-order valence-corrected chi connectivity index (χ0v) is 16.4. The van der Waals surface area contributed by atoms with Crippen molar-refractivity contribution in [1.82, 2.24) is 9.73 Å². The molecule has 0 spiro atoms. The van der Waals surface area contributed by atoms with E-state index in [0.717, 1.165) is 28.4 Å². The first-order valence-corrected chi connectivity index (χ1v) is 10.4. The molecule has 0 atom stereocenters. The summed E-state index contributed by atoms with van der Waals surface area (Å²) in [7, 11) is -3.66. The van der Waals surface area contributed by atoms with E-state index in [9.17, 15) is 26.4 Å². The number of hydrogen-bond acceptors (Lipinski definition) is 4. The van der Waals surface area contributed by atoms with Gasteiger partial charge in [0, 0.05) is 12.1 Å². The second kappa shape index (κ2) is 9.66. The predicted octanol–water partition coefficient (Wildman–Crippen LogP) is 2.66. The smallest absolute Gasteiger partial charge is 0.272 e. The third-order valence-corrected chi connectivity index (χ3v) is 5.19. The van der Waals surface area contributed by atoms with Crippen LogP contribution in [0.2, 0.25) is 0 Å². The van der Waals surface area contributed by atoms with Crippen LogP contribution in [0, 0.1) is 0 Å². The minimum absolute atomic E-state index is 0.0802. The lowest BCUT2D eigenvalue weighted by atomic mass is 10.1. The second-order valence-corrected chi connectivity index (χ2v) is 8.19. The van der Waals surface area contributed by atoms with E-state index < -0.39 is 34.2 Å². The molecule has 29 heavy (non-hydrogen) atoms. The molecule has 0 saturated heterocycles. The van der Waals surface area contributed by atoms with E-state index in [1.807, 2.05) is 30.3 Å². The van der Waals surface area contributed by atoms with Crippen LogP contribution in [0.25, 0.3) is 0 Å². The molecular formula is C19H20F3N3O3S. The van der Waals surface area contributed by atoms with Crippen LogP contribution in [-0.2, 0) is 27.4 Å². The second-order valence-electron chi connectivity index (χ2n) is 6.21. The third kappa shape index (κ3) is 7.31. The molecule has 0 aliphatic heterocycles. The van der Waals surface area contributed by atoms with E-state index in [2.05, 4.69) is 10.5 Å². The van der Waals surface area contributed by atoms with Gasteiger partial charge in [-0.25, -0.2) is 13.8 Å². The van der Waals surface area contributed by atoms with Gasteiger partial charge < -0.3 is 0 Å². The Hall–Kier alpha value is -2.72. The summed E-state index contributed by atoms with van der Waals surface area (Å²) in [6.45, 7) is -0.416. The first-order chi connectivity index (χ1) is 13.6. The molecule has 0 bridgehead atoms. The summed E-state index contributed by atoms with van der Waals surface area (Å²) < 4.78 is 63.6. The van der Waals surface area contributed by atoms with Gasteiger partial charge in [-0.3, -0.25) is 4.79 Å². The highest BCUT2D eigenvalue weighted by atomic mass is 32.2. The summed E-state index contributed by atoms with van der Waals surface area (Å²) >= 11 is 0. The number of hydrazone groups is 1. The number of rotatable bonds is 8. The zero-order valence-electron chi connectivity index (χ0n) is 15.6. The van der Waals surface area contributed by atoms with Crippen LogP contribution in [0.4, 0.5) is 13.2 Å². The van der Waals surface area contributed by atoms with Crippen molar-refractivity contribution in [3.8, 4) is 0 Å². The van der Waals surface area contributed by atoms with Crippen molar-refractivity contribution in [2.45, 2.75) is 12.6 Å². The van der Waals surface area contributed by atoms with Gasteiger partial charge in [0.2, 0.25) is 10.0 Å². The van der Waals surface area contributed by atoms with E-state index in [4.69, 9.17) is 0 Å². The summed E-state index contributed by atoms with van der Waals surface area (Å²) in [5.74, 6) is -0.760. The topological polar surface area (TPSA) is 78.8 Å². The molecule has 1 amide bonds. The summed E-state index contributed by atoms with van der Waals surface area (Å²) in [5, 5.41) is 3.52. The van der Waals surface area contributed by atoms with E-state index in [1.54, 1.807) is 0 Å². The van der Waals surface area contributed by atoms with Crippen LogP contribution >= 0.6 is 0 Å². The molecule has 0 aliphatic carbocycles. The first-order valence-electron chi connectivity index (χ1n) is 8.54. The lowest BCUT2D eigenvalue weighted by molar-refractivity contribution is -0.137. The lowest BCUT2D eigenvalue weighted by Gasteiger charge is -2.18. The number of sulfonamides is 1. The van der Waals surface area contributed by atoms with Gasteiger partial charge in [-0.05, 0) is 18.1 Å². The van der Waals surface area contributed by atoms with Crippen molar-refractivity contribution < 1.29 is 26.4 Å². The van der Waals surface area contributed by atoms with Crippen molar-refractivity contribution >= 4 is 22.1 Å². The molecule has 2 rings (SSSR count). The zero-order chi connectivity index (χ0) is 21.5. The Bertz CT molecular complexity index is 961. The van der Waals surface area contributed by atoms with Gasteiger partial charge >= 0.3 is 6.18 Å². The minimum Gasteiger partial charge on any atom is -0.272 e. The van der Waals surface area contributed by atoms with Gasteiger partial charge in [-0.1, -0.05) is 48.5 Å². The number of nitrogens with one attached hydrogen (secondary N) is 1. The molecule has 0 radical (unpaired) electrons.